The molecule has 1 aromatic heterocycles. The van der Waals surface area contributed by atoms with Gasteiger partial charge in [-0.05, 0) is 49.2 Å². The summed E-state index contributed by atoms with van der Waals surface area (Å²) in [6, 6.07) is 18.3. The molecule has 0 atom stereocenters. The number of hydrogen-bond acceptors (Lipinski definition) is 4. The lowest BCUT2D eigenvalue weighted by atomic mass is 10.0. The second-order valence-corrected chi connectivity index (χ2v) is 7.18. The van der Waals surface area contributed by atoms with Crippen molar-refractivity contribution in [2.45, 2.75) is 13.8 Å². The summed E-state index contributed by atoms with van der Waals surface area (Å²) >= 11 is 0. The van der Waals surface area contributed by atoms with E-state index in [0.717, 1.165) is 11.1 Å². The molecule has 4 aromatic rings. The number of hydrogen-bond donors (Lipinski definition) is 1. The van der Waals surface area contributed by atoms with Crippen LogP contribution in [0.4, 0.5) is 10.1 Å². The molecular weight excluding hydrogens is 397 g/mol. The number of rotatable bonds is 5. The summed E-state index contributed by atoms with van der Waals surface area (Å²) in [6.45, 7) is 3.24. The Labute approximate surface area is 178 Å². The standard InChI is InChI=1S/C25H20FNO4/c1-15-8-9-18(26)12-21(15)27-23(28)14-30-19-10-11-20-22(13-19)31-16(2)24(25(20)29)17-6-4-3-5-7-17/h3-13H,14H2,1-2H3,(H,27,28). The summed E-state index contributed by atoms with van der Waals surface area (Å²) in [4.78, 5) is 25.2. The van der Waals surface area contributed by atoms with Crippen molar-refractivity contribution in [3.8, 4) is 16.9 Å². The van der Waals surface area contributed by atoms with E-state index < -0.39 is 11.7 Å². The highest BCUT2D eigenvalue weighted by Crippen LogP contribution is 2.26. The van der Waals surface area contributed by atoms with Crippen LogP contribution in [0.2, 0.25) is 0 Å². The lowest BCUT2D eigenvalue weighted by Gasteiger charge is -2.11. The van der Waals surface area contributed by atoms with Crippen LogP contribution in [0.15, 0.2) is 75.9 Å². The maximum absolute atomic E-state index is 13.4. The third kappa shape index (κ3) is 4.33. The predicted octanol–water partition coefficient (Wildman–Crippen LogP) is 5.23. The molecule has 3 aromatic carbocycles. The molecule has 5 nitrogen and oxygen atoms in total. The first-order valence-corrected chi connectivity index (χ1v) is 9.74. The Balaban J connectivity index is 1.54. The van der Waals surface area contributed by atoms with Gasteiger partial charge in [0.25, 0.3) is 5.91 Å². The van der Waals surface area contributed by atoms with Crippen molar-refractivity contribution < 1.29 is 18.3 Å². The van der Waals surface area contributed by atoms with Crippen LogP contribution >= 0.6 is 0 Å². The molecule has 6 heteroatoms. The molecule has 0 unspecified atom stereocenters. The summed E-state index contributed by atoms with van der Waals surface area (Å²) < 4.78 is 24.8. The number of carbonyl (C=O) groups excluding carboxylic acids is 1. The van der Waals surface area contributed by atoms with Gasteiger partial charge in [-0.25, -0.2) is 4.39 Å². The summed E-state index contributed by atoms with van der Waals surface area (Å²) in [5, 5.41) is 3.05. The molecule has 0 fully saturated rings. The Hall–Kier alpha value is -3.93. The van der Waals surface area contributed by atoms with Gasteiger partial charge in [0.15, 0.2) is 6.61 Å². The summed E-state index contributed by atoms with van der Waals surface area (Å²) in [5.74, 6) is 0.0243. The Morgan fingerprint density at radius 1 is 1.03 bits per heavy atom. The molecule has 1 N–H and O–H groups in total. The molecule has 156 valence electrons. The van der Waals surface area contributed by atoms with Gasteiger partial charge in [-0.1, -0.05) is 36.4 Å². The van der Waals surface area contributed by atoms with Crippen LogP contribution in [0.25, 0.3) is 22.1 Å². The van der Waals surface area contributed by atoms with Gasteiger partial charge in [0.2, 0.25) is 5.43 Å². The number of nitrogens with one attached hydrogen (secondary N) is 1. The lowest BCUT2D eigenvalue weighted by molar-refractivity contribution is -0.118. The zero-order chi connectivity index (χ0) is 22.0. The minimum atomic E-state index is -0.434. The zero-order valence-corrected chi connectivity index (χ0v) is 17.1. The normalized spacial score (nSPS) is 10.8. The highest BCUT2D eigenvalue weighted by molar-refractivity contribution is 5.92. The van der Waals surface area contributed by atoms with Gasteiger partial charge in [0.1, 0.15) is 22.9 Å². The first-order valence-electron chi connectivity index (χ1n) is 9.74. The van der Waals surface area contributed by atoms with E-state index in [1.54, 1.807) is 38.1 Å². The molecule has 31 heavy (non-hydrogen) atoms. The fourth-order valence-corrected chi connectivity index (χ4v) is 3.38. The number of benzene rings is 3. The van der Waals surface area contributed by atoms with Crippen LogP contribution < -0.4 is 15.5 Å². The van der Waals surface area contributed by atoms with E-state index in [1.165, 1.54) is 12.1 Å². The number of fused-ring (bicyclic) bond motifs is 1. The maximum atomic E-state index is 13.4. The second-order valence-electron chi connectivity index (χ2n) is 7.18. The van der Waals surface area contributed by atoms with Crippen LogP contribution in [-0.2, 0) is 4.79 Å². The molecule has 0 saturated heterocycles. The van der Waals surface area contributed by atoms with E-state index in [2.05, 4.69) is 5.32 Å². The van der Waals surface area contributed by atoms with Gasteiger partial charge in [-0.2, -0.15) is 0 Å². The van der Waals surface area contributed by atoms with Crippen molar-refractivity contribution in [3.63, 3.8) is 0 Å². The maximum Gasteiger partial charge on any atom is 0.262 e. The fourth-order valence-electron chi connectivity index (χ4n) is 3.38. The summed E-state index contributed by atoms with van der Waals surface area (Å²) in [6.07, 6.45) is 0. The summed E-state index contributed by atoms with van der Waals surface area (Å²) in [7, 11) is 0. The molecule has 4 rings (SSSR count). The number of halogens is 1. The third-order valence-corrected chi connectivity index (χ3v) is 4.95. The van der Waals surface area contributed by atoms with E-state index >= 15 is 0 Å². The molecule has 1 amide bonds. The van der Waals surface area contributed by atoms with E-state index in [9.17, 15) is 14.0 Å². The van der Waals surface area contributed by atoms with Gasteiger partial charge in [0, 0.05) is 11.8 Å². The Bertz CT molecular complexity index is 1330. The molecule has 0 spiro atoms. The Kier molecular flexibility index (Phi) is 5.54. The van der Waals surface area contributed by atoms with Crippen LogP contribution in [0.1, 0.15) is 11.3 Å². The van der Waals surface area contributed by atoms with Crippen molar-refractivity contribution in [3.05, 3.63) is 94.1 Å². The number of anilines is 1. The predicted molar refractivity (Wildman–Crippen MR) is 118 cm³/mol. The molecule has 0 aliphatic carbocycles. The fraction of sp³-hybridized carbons (Fsp3) is 0.120. The van der Waals surface area contributed by atoms with Crippen molar-refractivity contribution in [1.29, 1.82) is 0 Å². The van der Waals surface area contributed by atoms with Gasteiger partial charge in [0.05, 0.1) is 10.9 Å². The lowest BCUT2D eigenvalue weighted by Crippen LogP contribution is -2.20. The first-order chi connectivity index (χ1) is 14.9. The molecule has 1 heterocycles. The Morgan fingerprint density at radius 2 is 1.81 bits per heavy atom. The van der Waals surface area contributed by atoms with E-state index in [0.29, 0.717) is 33.7 Å². The highest BCUT2D eigenvalue weighted by atomic mass is 19.1. The zero-order valence-electron chi connectivity index (χ0n) is 17.1. The number of ether oxygens (including phenoxy) is 1. The van der Waals surface area contributed by atoms with E-state index in [1.807, 2.05) is 30.3 Å². The van der Waals surface area contributed by atoms with Crippen LogP contribution in [0, 0.1) is 19.7 Å². The molecule has 0 bridgehead atoms. The van der Waals surface area contributed by atoms with E-state index in [-0.39, 0.29) is 12.0 Å². The molecule has 0 aliphatic heterocycles. The molecule has 0 radical (unpaired) electrons. The first kappa shape index (κ1) is 20.3. The van der Waals surface area contributed by atoms with Gasteiger partial charge in [-0.3, -0.25) is 9.59 Å². The van der Waals surface area contributed by atoms with Gasteiger partial charge < -0.3 is 14.5 Å². The molecular formula is C25H20FNO4. The minimum Gasteiger partial charge on any atom is -0.484 e. The van der Waals surface area contributed by atoms with Crippen molar-refractivity contribution in [1.82, 2.24) is 0 Å². The average Bonchev–Trinajstić information content (AvgIpc) is 2.75. The number of carbonyl (C=O) groups is 1. The van der Waals surface area contributed by atoms with Crippen LogP contribution in [0.3, 0.4) is 0 Å². The number of aryl methyl sites for hydroxylation is 2. The van der Waals surface area contributed by atoms with Crippen molar-refractivity contribution in [2.75, 3.05) is 11.9 Å². The quantitative estimate of drug-likeness (QED) is 0.483. The minimum absolute atomic E-state index is 0.129. The molecule has 0 saturated carbocycles. The average molecular weight is 417 g/mol. The topological polar surface area (TPSA) is 68.5 Å². The number of amides is 1. The highest BCUT2D eigenvalue weighted by Gasteiger charge is 2.14. The van der Waals surface area contributed by atoms with Crippen molar-refractivity contribution >= 4 is 22.6 Å². The largest absolute Gasteiger partial charge is 0.484 e. The second kappa shape index (κ2) is 8.44. The van der Waals surface area contributed by atoms with E-state index in [4.69, 9.17) is 9.15 Å². The molecule has 0 aliphatic rings. The SMILES string of the molecule is Cc1ccc(F)cc1NC(=O)COc1ccc2c(=O)c(-c3ccccc3)c(C)oc2c1. The monoisotopic (exact) mass is 417 g/mol. The third-order valence-electron chi connectivity index (χ3n) is 4.95. The summed E-state index contributed by atoms with van der Waals surface area (Å²) in [5.41, 5.74) is 2.69. The smallest absolute Gasteiger partial charge is 0.262 e. The van der Waals surface area contributed by atoms with Crippen molar-refractivity contribution in [2.24, 2.45) is 0 Å². The van der Waals surface area contributed by atoms with Gasteiger partial charge in [-0.15, -0.1) is 0 Å². The Morgan fingerprint density at radius 3 is 2.58 bits per heavy atom. The van der Waals surface area contributed by atoms with Gasteiger partial charge >= 0.3 is 0 Å². The van der Waals surface area contributed by atoms with Crippen LogP contribution in [-0.4, -0.2) is 12.5 Å². The van der Waals surface area contributed by atoms with Crippen LogP contribution in [0.5, 0.6) is 5.75 Å².